The quantitative estimate of drug-likeness (QED) is 0.219. The van der Waals surface area contributed by atoms with E-state index in [0.29, 0.717) is 11.3 Å². The molecule has 0 atom stereocenters. The van der Waals surface area contributed by atoms with Crippen molar-refractivity contribution in [1.29, 1.82) is 0 Å². The fourth-order valence-corrected chi connectivity index (χ4v) is 4.40. The molecule has 1 aliphatic heterocycles. The van der Waals surface area contributed by atoms with E-state index in [1.54, 1.807) is 6.08 Å². The molecule has 0 saturated carbocycles. The number of hydrogen-bond donors (Lipinski definition) is 2. The van der Waals surface area contributed by atoms with Gasteiger partial charge >= 0.3 is 12.0 Å². The Kier molecular flexibility index (Phi) is 6.53. The van der Waals surface area contributed by atoms with Gasteiger partial charge < -0.3 is 24.4 Å². The lowest BCUT2D eigenvalue weighted by atomic mass is 10.1. The Bertz CT molecular complexity index is 1600. The molecular formula is C28H24N4O6. The highest BCUT2D eigenvalue weighted by atomic mass is 16.5. The summed E-state index contributed by atoms with van der Waals surface area (Å²) in [7, 11) is 1.23. The van der Waals surface area contributed by atoms with Crippen LogP contribution in [-0.2, 0) is 27.4 Å². The maximum atomic E-state index is 13.1. The highest BCUT2D eigenvalue weighted by Crippen LogP contribution is 2.29. The van der Waals surface area contributed by atoms with Gasteiger partial charge in [-0.05, 0) is 43.3 Å². The molecule has 0 radical (unpaired) electrons. The number of para-hydroxylation sites is 2. The lowest BCUT2D eigenvalue weighted by molar-refractivity contribution is -0.123. The number of carbonyl (C=O) groups is 4. The zero-order valence-electron chi connectivity index (χ0n) is 20.7. The molecule has 4 aromatic rings. The standard InChI is InChI=1S/C28H24N4O6/c1-17-21(14-22-26(34)32(28(36)30-22)15-19-12-13-24(38-19)27(35)37-2)20-10-6-7-11-23(20)31(17)16-25(33)29-18-8-4-3-5-9-18/h3-14H,15-16H2,1-2H3,(H,29,33)(H,30,36)/b22-14-. The summed E-state index contributed by atoms with van der Waals surface area (Å²) in [6.45, 7) is 1.77. The third kappa shape index (κ3) is 4.66. The molecule has 10 nitrogen and oxygen atoms in total. The summed E-state index contributed by atoms with van der Waals surface area (Å²) >= 11 is 0. The summed E-state index contributed by atoms with van der Waals surface area (Å²) < 4.78 is 11.9. The van der Waals surface area contributed by atoms with E-state index in [1.165, 1.54) is 19.2 Å². The smallest absolute Gasteiger partial charge is 0.373 e. The molecule has 0 unspecified atom stereocenters. The van der Waals surface area contributed by atoms with Gasteiger partial charge in [0, 0.05) is 27.8 Å². The van der Waals surface area contributed by atoms with Gasteiger partial charge in [-0.2, -0.15) is 0 Å². The maximum absolute atomic E-state index is 13.1. The van der Waals surface area contributed by atoms with Crippen LogP contribution in [0.25, 0.3) is 17.0 Å². The number of rotatable bonds is 7. The van der Waals surface area contributed by atoms with Crippen molar-refractivity contribution in [2.75, 3.05) is 12.4 Å². The number of nitrogens with one attached hydrogen (secondary N) is 2. The first-order valence-corrected chi connectivity index (χ1v) is 11.8. The average Bonchev–Trinajstić information content (AvgIpc) is 3.57. The largest absolute Gasteiger partial charge is 0.463 e. The zero-order chi connectivity index (χ0) is 26.8. The lowest BCUT2D eigenvalue weighted by Gasteiger charge is -2.10. The molecule has 1 saturated heterocycles. The second-order valence-corrected chi connectivity index (χ2v) is 8.65. The van der Waals surface area contributed by atoms with E-state index in [4.69, 9.17) is 4.42 Å². The van der Waals surface area contributed by atoms with Crippen LogP contribution >= 0.6 is 0 Å². The number of benzene rings is 2. The van der Waals surface area contributed by atoms with E-state index in [1.807, 2.05) is 66.1 Å². The number of methoxy groups -OCH3 is 1. The molecule has 10 heteroatoms. The van der Waals surface area contributed by atoms with Crippen LogP contribution in [0.2, 0.25) is 0 Å². The molecule has 2 N–H and O–H groups in total. The van der Waals surface area contributed by atoms with Gasteiger partial charge in [-0.25, -0.2) is 9.59 Å². The van der Waals surface area contributed by atoms with Crippen molar-refractivity contribution < 1.29 is 28.3 Å². The Labute approximate surface area is 217 Å². The number of imide groups is 1. The summed E-state index contributed by atoms with van der Waals surface area (Å²) in [6, 6.07) is 19.0. The van der Waals surface area contributed by atoms with Crippen LogP contribution in [0.3, 0.4) is 0 Å². The Hall–Kier alpha value is -5.12. The van der Waals surface area contributed by atoms with Gasteiger partial charge in [0.25, 0.3) is 5.91 Å². The minimum absolute atomic E-state index is 0.0231. The molecule has 0 spiro atoms. The first kappa shape index (κ1) is 24.6. The fraction of sp³-hybridized carbons (Fsp3) is 0.143. The minimum atomic E-state index is -0.654. The maximum Gasteiger partial charge on any atom is 0.373 e. The monoisotopic (exact) mass is 512 g/mol. The summed E-state index contributed by atoms with van der Waals surface area (Å²) in [4.78, 5) is 51.2. The van der Waals surface area contributed by atoms with E-state index in [9.17, 15) is 19.2 Å². The second-order valence-electron chi connectivity index (χ2n) is 8.65. The number of aromatic nitrogens is 1. The summed E-state index contributed by atoms with van der Waals surface area (Å²) in [5.74, 6) is -1.15. The van der Waals surface area contributed by atoms with Crippen LogP contribution in [0.1, 0.15) is 27.6 Å². The van der Waals surface area contributed by atoms with E-state index in [-0.39, 0.29) is 36.2 Å². The molecule has 2 aromatic heterocycles. The molecule has 38 heavy (non-hydrogen) atoms. The van der Waals surface area contributed by atoms with Gasteiger partial charge in [0.05, 0.1) is 13.7 Å². The van der Waals surface area contributed by atoms with Crippen molar-refractivity contribution in [1.82, 2.24) is 14.8 Å². The Balaban J connectivity index is 1.41. The van der Waals surface area contributed by atoms with E-state index in [0.717, 1.165) is 21.5 Å². The predicted octanol–water partition coefficient (Wildman–Crippen LogP) is 4.06. The predicted molar refractivity (Wildman–Crippen MR) is 139 cm³/mol. The van der Waals surface area contributed by atoms with Crippen LogP contribution in [0.15, 0.2) is 76.8 Å². The Morgan fingerprint density at radius 1 is 1.03 bits per heavy atom. The SMILES string of the molecule is COC(=O)c1ccc(CN2C(=O)N/C(=C\c3c(C)n(CC(=O)Nc4ccccc4)c4ccccc34)C2=O)o1. The van der Waals surface area contributed by atoms with Crippen molar-refractivity contribution in [3.8, 4) is 0 Å². The van der Waals surface area contributed by atoms with Crippen molar-refractivity contribution in [3.63, 3.8) is 0 Å². The number of hydrogen-bond acceptors (Lipinski definition) is 6. The number of fused-ring (bicyclic) bond motifs is 1. The number of amides is 4. The Morgan fingerprint density at radius 3 is 2.53 bits per heavy atom. The lowest BCUT2D eigenvalue weighted by Crippen LogP contribution is -2.30. The van der Waals surface area contributed by atoms with Crippen LogP contribution in [0.4, 0.5) is 10.5 Å². The number of esters is 1. The van der Waals surface area contributed by atoms with E-state index in [2.05, 4.69) is 15.4 Å². The normalized spacial score (nSPS) is 14.3. The molecule has 4 amide bonds. The van der Waals surface area contributed by atoms with Crippen molar-refractivity contribution in [3.05, 3.63) is 95.2 Å². The number of nitrogens with zero attached hydrogens (tertiary/aromatic N) is 2. The fourth-order valence-electron chi connectivity index (χ4n) is 4.40. The second kappa shape index (κ2) is 10.1. The van der Waals surface area contributed by atoms with Gasteiger partial charge in [-0.3, -0.25) is 14.5 Å². The van der Waals surface area contributed by atoms with Gasteiger partial charge in [-0.15, -0.1) is 0 Å². The zero-order valence-corrected chi connectivity index (χ0v) is 20.7. The van der Waals surface area contributed by atoms with Gasteiger partial charge in [0.2, 0.25) is 11.7 Å². The topological polar surface area (TPSA) is 123 Å². The number of carbonyl (C=O) groups excluding carboxylic acids is 4. The molecule has 3 heterocycles. The number of urea groups is 1. The molecule has 2 aromatic carbocycles. The minimum Gasteiger partial charge on any atom is -0.463 e. The van der Waals surface area contributed by atoms with Crippen LogP contribution in [0.5, 0.6) is 0 Å². The third-order valence-corrected chi connectivity index (χ3v) is 6.25. The first-order valence-electron chi connectivity index (χ1n) is 11.8. The average molecular weight is 513 g/mol. The first-order chi connectivity index (χ1) is 18.4. The molecule has 5 rings (SSSR count). The molecular weight excluding hydrogens is 488 g/mol. The van der Waals surface area contributed by atoms with Crippen molar-refractivity contribution >= 4 is 46.5 Å². The number of furan rings is 1. The number of anilines is 1. The summed E-state index contributed by atoms with van der Waals surface area (Å²) in [6.07, 6.45) is 1.62. The number of ether oxygens (including phenoxy) is 1. The van der Waals surface area contributed by atoms with Crippen molar-refractivity contribution in [2.45, 2.75) is 20.0 Å². The summed E-state index contributed by atoms with van der Waals surface area (Å²) in [5, 5.41) is 6.34. The van der Waals surface area contributed by atoms with E-state index >= 15 is 0 Å². The molecule has 0 aliphatic carbocycles. The van der Waals surface area contributed by atoms with Gasteiger partial charge in [0.15, 0.2) is 0 Å². The molecule has 1 fully saturated rings. The Morgan fingerprint density at radius 2 is 1.76 bits per heavy atom. The summed E-state index contributed by atoms with van der Waals surface area (Å²) in [5.41, 5.74) is 3.08. The van der Waals surface area contributed by atoms with Crippen molar-refractivity contribution in [2.24, 2.45) is 0 Å². The molecule has 192 valence electrons. The molecule has 1 aliphatic rings. The third-order valence-electron chi connectivity index (χ3n) is 6.25. The highest BCUT2D eigenvalue weighted by Gasteiger charge is 2.35. The van der Waals surface area contributed by atoms with Gasteiger partial charge in [-0.1, -0.05) is 36.4 Å². The molecule has 0 bridgehead atoms. The highest BCUT2D eigenvalue weighted by molar-refractivity contribution is 6.14. The van der Waals surface area contributed by atoms with Crippen LogP contribution in [0, 0.1) is 6.92 Å². The van der Waals surface area contributed by atoms with Crippen LogP contribution in [-0.4, -0.2) is 40.4 Å². The van der Waals surface area contributed by atoms with Gasteiger partial charge in [0.1, 0.15) is 18.0 Å². The van der Waals surface area contributed by atoms with E-state index < -0.39 is 17.9 Å². The van der Waals surface area contributed by atoms with Crippen LogP contribution < -0.4 is 10.6 Å².